The minimum atomic E-state index is -3.85. The standard InChI is InChI=1S/C31H43N3O6S/c1-5-7-23-8-6-9-26(20-23)25-12-16-28(17-13-25)40-22-30-29(18-19-33(30)31(35)36)34(41(37,38)32(2)3)21-24-10-14-27(39-4)15-11-24/h5-6,8-11,14-15,20,25,28-30H,1,7,12-13,16-19,21-22H2,2-4H3,(H,35,36)/t25?,28?,29-,30-/m0/s1. The van der Waals surface area contributed by atoms with Gasteiger partial charge in [-0.1, -0.05) is 42.5 Å². The Balaban J connectivity index is 1.46. The highest BCUT2D eigenvalue weighted by Gasteiger charge is 2.45. The van der Waals surface area contributed by atoms with E-state index in [9.17, 15) is 18.3 Å². The number of likely N-dealkylation sites (tertiary alicyclic amines) is 1. The average molecular weight is 586 g/mol. The monoisotopic (exact) mass is 585 g/mol. The Bertz CT molecular complexity index is 1280. The van der Waals surface area contributed by atoms with Gasteiger partial charge in [0.25, 0.3) is 10.2 Å². The van der Waals surface area contributed by atoms with Crippen molar-refractivity contribution in [2.45, 2.75) is 69.2 Å². The van der Waals surface area contributed by atoms with E-state index in [-0.39, 0.29) is 25.8 Å². The highest BCUT2D eigenvalue weighted by molar-refractivity contribution is 7.86. The molecule has 2 aromatic rings. The van der Waals surface area contributed by atoms with E-state index < -0.39 is 28.4 Å². The third kappa shape index (κ3) is 7.48. The van der Waals surface area contributed by atoms with Crippen LogP contribution in [0.3, 0.4) is 0 Å². The Hall–Kier alpha value is -2.92. The third-order valence-electron chi connectivity index (χ3n) is 8.36. The molecule has 1 amide bonds. The summed E-state index contributed by atoms with van der Waals surface area (Å²) in [5.74, 6) is 1.15. The molecule has 41 heavy (non-hydrogen) atoms. The van der Waals surface area contributed by atoms with Crippen LogP contribution in [0.1, 0.15) is 54.7 Å². The first-order chi connectivity index (χ1) is 19.6. The van der Waals surface area contributed by atoms with Crippen LogP contribution in [0.15, 0.2) is 61.2 Å². The van der Waals surface area contributed by atoms with E-state index in [0.29, 0.717) is 18.1 Å². The van der Waals surface area contributed by atoms with Crippen LogP contribution in [-0.4, -0.2) is 85.7 Å². The topological polar surface area (TPSA) is 99.6 Å². The number of carbonyl (C=O) groups is 1. The van der Waals surface area contributed by atoms with Crippen molar-refractivity contribution in [2.24, 2.45) is 0 Å². The summed E-state index contributed by atoms with van der Waals surface area (Å²) in [6, 6.07) is 14.8. The first kappa shape index (κ1) is 31.0. The lowest BCUT2D eigenvalue weighted by atomic mass is 9.82. The molecule has 2 atom stereocenters. The van der Waals surface area contributed by atoms with Crippen molar-refractivity contribution in [3.05, 3.63) is 77.9 Å². The zero-order valence-corrected chi connectivity index (χ0v) is 25.1. The van der Waals surface area contributed by atoms with Gasteiger partial charge in [0.1, 0.15) is 5.75 Å². The zero-order valence-electron chi connectivity index (χ0n) is 24.3. The fraction of sp³-hybridized carbons (Fsp3) is 0.516. The minimum Gasteiger partial charge on any atom is -0.497 e. The molecule has 0 bridgehead atoms. The summed E-state index contributed by atoms with van der Waals surface area (Å²) in [6.07, 6.45) is 5.89. The van der Waals surface area contributed by atoms with Gasteiger partial charge in [0.15, 0.2) is 0 Å². The molecule has 0 aromatic heterocycles. The lowest BCUT2D eigenvalue weighted by molar-refractivity contribution is -0.00988. The van der Waals surface area contributed by atoms with Gasteiger partial charge in [-0.15, -0.1) is 6.58 Å². The molecule has 1 saturated heterocycles. The van der Waals surface area contributed by atoms with Crippen LogP contribution in [0, 0.1) is 0 Å². The number of nitrogens with zero attached hydrogens (tertiary/aromatic N) is 3. The predicted molar refractivity (Wildman–Crippen MR) is 159 cm³/mol. The molecule has 1 heterocycles. The van der Waals surface area contributed by atoms with Crippen LogP contribution in [0.2, 0.25) is 0 Å². The number of methoxy groups -OCH3 is 1. The number of amides is 1. The first-order valence-corrected chi connectivity index (χ1v) is 15.7. The molecular weight excluding hydrogens is 542 g/mol. The van der Waals surface area contributed by atoms with Crippen molar-refractivity contribution >= 4 is 16.3 Å². The number of allylic oxidation sites excluding steroid dienone is 1. The van der Waals surface area contributed by atoms with Crippen LogP contribution in [0.4, 0.5) is 4.79 Å². The summed E-state index contributed by atoms with van der Waals surface area (Å²) in [7, 11) is 0.721. The molecule has 2 fully saturated rings. The molecule has 0 unspecified atom stereocenters. The molecule has 9 nitrogen and oxygen atoms in total. The summed E-state index contributed by atoms with van der Waals surface area (Å²) in [6.45, 7) is 4.37. The molecule has 1 aliphatic heterocycles. The Labute approximate surface area is 244 Å². The van der Waals surface area contributed by atoms with E-state index in [1.807, 2.05) is 18.2 Å². The molecule has 1 aliphatic carbocycles. The largest absolute Gasteiger partial charge is 0.497 e. The number of hydrogen-bond donors (Lipinski definition) is 1. The van der Waals surface area contributed by atoms with Crippen LogP contribution in [0.25, 0.3) is 0 Å². The number of ether oxygens (including phenoxy) is 2. The quantitative estimate of drug-likeness (QED) is 0.356. The van der Waals surface area contributed by atoms with Gasteiger partial charge in [-0.2, -0.15) is 17.0 Å². The summed E-state index contributed by atoms with van der Waals surface area (Å²) in [4.78, 5) is 13.5. The second kappa shape index (κ2) is 13.8. The van der Waals surface area contributed by atoms with Crippen molar-refractivity contribution < 1.29 is 27.8 Å². The lowest BCUT2D eigenvalue weighted by Gasteiger charge is -2.36. The van der Waals surface area contributed by atoms with Gasteiger partial charge >= 0.3 is 6.09 Å². The molecule has 1 saturated carbocycles. The van der Waals surface area contributed by atoms with E-state index in [1.54, 1.807) is 19.2 Å². The van der Waals surface area contributed by atoms with Crippen LogP contribution >= 0.6 is 0 Å². The lowest BCUT2D eigenvalue weighted by Crippen LogP contribution is -2.53. The van der Waals surface area contributed by atoms with Crippen molar-refractivity contribution in [3.8, 4) is 5.75 Å². The third-order valence-corrected chi connectivity index (χ3v) is 10.3. The number of carboxylic acid groups (broad SMARTS) is 1. The molecule has 0 radical (unpaired) electrons. The molecule has 0 spiro atoms. The fourth-order valence-corrected chi connectivity index (χ4v) is 7.36. The van der Waals surface area contributed by atoms with E-state index in [4.69, 9.17) is 9.47 Å². The van der Waals surface area contributed by atoms with Crippen molar-refractivity contribution in [2.75, 3.05) is 34.4 Å². The van der Waals surface area contributed by atoms with Gasteiger partial charge in [0.2, 0.25) is 0 Å². The van der Waals surface area contributed by atoms with Crippen LogP contribution < -0.4 is 4.74 Å². The Morgan fingerprint density at radius 3 is 2.39 bits per heavy atom. The summed E-state index contributed by atoms with van der Waals surface area (Å²) in [5, 5.41) is 9.97. The maximum atomic E-state index is 13.5. The molecule has 224 valence electrons. The number of hydrogen-bond acceptors (Lipinski definition) is 5. The van der Waals surface area contributed by atoms with Crippen molar-refractivity contribution in [1.82, 2.24) is 13.5 Å². The molecular formula is C31H43N3O6S. The predicted octanol–water partition coefficient (Wildman–Crippen LogP) is 4.90. The second-order valence-electron chi connectivity index (χ2n) is 11.1. The summed E-state index contributed by atoms with van der Waals surface area (Å²) < 4.78 is 41.3. The van der Waals surface area contributed by atoms with Gasteiger partial charge < -0.3 is 19.5 Å². The average Bonchev–Trinajstić information content (AvgIpc) is 3.39. The summed E-state index contributed by atoms with van der Waals surface area (Å²) in [5.41, 5.74) is 3.41. The van der Waals surface area contributed by atoms with Crippen LogP contribution in [0.5, 0.6) is 5.75 Å². The highest BCUT2D eigenvalue weighted by Crippen LogP contribution is 2.35. The molecule has 2 aliphatic rings. The van der Waals surface area contributed by atoms with Crippen molar-refractivity contribution in [1.29, 1.82) is 0 Å². The SMILES string of the molecule is C=CCc1cccc(C2CCC(OC[C@H]3[C@@H](N(Cc4ccc(OC)cc4)S(=O)(=O)N(C)C)CCN3C(=O)O)CC2)c1. The minimum absolute atomic E-state index is 0.0139. The first-order valence-electron chi connectivity index (χ1n) is 14.3. The van der Waals surface area contributed by atoms with Gasteiger partial charge in [-0.3, -0.25) is 0 Å². The van der Waals surface area contributed by atoms with Gasteiger partial charge in [-0.25, -0.2) is 4.79 Å². The van der Waals surface area contributed by atoms with Crippen LogP contribution in [-0.2, 0) is 27.9 Å². The van der Waals surface area contributed by atoms with Gasteiger partial charge in [-0.05, 0) is 73.3 Å². The maximum absolute atomic E-state index is 13.5. The fourth-order valence-electron chi connectivity index (χ4n) is 6.04. The smallest absolute Gasteiger partial charge is 0.407 e. The van der Waals surface area contributed by atoms with E-state index in [1.165, 1.54) is 38.7 Å². The van der Waals surface area contributed by atoms with E-state index in [0.717, 1.165) is 37.7 Å². The number of rotatable bonds is 12. The Kier molecular flexibility index (Phi) is 10.5. The zero-order chi connectivity index (χ0) is 29.6. The van der Waals surface area contributed by atoms with E-state index >= 15 is 0 Å². The Morgan fingerprint density at radius 1 is 1.07 bits per heavy atom. The second-order valence-corrected chi connectivity index (χ2v) is 13.2. The Morgan fingerprint density at radius 2 is 1.78 bits per heavy atom. The molecule has 1 N–H and O–H groups in total. The van der Waals surface area contributed by atoms with Gasteiger partial charge in [0, 0.05) is 27.2 Å². The van der Waals surface area contributed by atoms with E-state index in [2.05, 4.69) is 30.8 Å². The molecule has 10 heteroatoms. The normalized spacial score (nSPS) is 23.2. The summed E-state index contributed by atoms with van der Waals surface area (Å²) >= 11 is 0. The molecule has 4 rings (SSSR count). The van der Waals surface area contributed by atoms with Crippen molar-refractivity contribution in [3.63, 3.8) is 0 Å². The molecule has 2 aromatic carbocycles. The van der Waals surface area contributed by atoms with Gasteiger partial charge in [0.05, 0.1) is 31.9 Å². The highest BCUT2D eigenvalue weighted by atomic mass is 32.2. The maximum Gasteiger partial charge on any atom is 0.407 e. The number of benzene rings is 2.